The number of hydrogen-bond acceptors (Lipinski definition) is 0. The van der Waals surface area contributed by atoms with Crippen molar-refractivity contribution in [2.75, 3.05) is 0 Å². The second-order valence-electron chi connectivity index (χ2n) is 11.7. The van der Waals surface area contributed by atoms with Crippen molar-refractivity contribution in [2.24, 2.45) is 61.6 Å². The maximum Gasteiger partial charge on any atom is -0.0137 e. The summed E-state index contributed by atoms with van der Waals surface area (Å²) in [4.78, 5) is 0. The predicted octanol–water partition coefficient (Wildman–Crippen LogP) is 6.01. The van der Waals surface area contributed by atoms with Crippen molar-refractivity contribution in [3.05, 3.63) is 0 Å². The molecule has 6 aliphatic rings. The van der Waals surface area contributed by atoms with E-state index in [1.807, 2.05) is 0 Å². The van der Waals surface area contributed by atoms with Gasteiger partial charge >= 0.3 is 0 Å². The highest BCUT2D eigenvalue weighted by molar-refractivity contribution is 5.51. The molecule has 6 aliphatic carbocycles. The molecule has 0 aromatic heterocycles. The summed E-state index contributed by atoms with van der Waals surface area (Å²) in [5.41, 5.74) is 3.73. The van der Waals surface area contributed by atoms with E-state index < -0.39 is 0 Å². The Morgan fingerprint density at radius 2 is 1.09 bits per heavy atom. The Bertz CT molecular complexity index is 632. The van der Waals surface area contributed by atoms with Gasteiger partial charge in [0.25, 0.3) is 0 Å². The van der Waals surface area contributed by atoms with Gasteiger partial charge in [-0.2, -0.15) is 0 Å². The fraction of sp³-hybridized carbons (Fsp3) is 1.00. The van der Waals surface area contributed by atoms with Crippen LogP contribution in [0.3, 0.4) is 0 Å². The maximum atomic E-state index is 2.72. The third-order valence-electron chi connectivity index (χ3n) is 13.7. The molecule has 0 saturated heterocycles. The van der Waals surface area contributed by atoms with E-state index in [1.54, 1.807) is 0 Å². The van der Waals surface area contributed by atoms with E-state index in [4.69, 9.17) is 0 Å². The first-order valence-electron chi connectivity index (χ1n) is 9.80. The van der Waals surface area contributed by atoms with Gasteiger partial charge in [0.2, 0.25) is 0 Å². The Hall–Kier alpha value is 0. The smallest absolute Gasteiger partial charge is 0.0137 e. The molecule has 0 nitrogen and oxygen atoms in total. The molecule has 0 aliphatic heterocycles. The van der Waals surface area contributed by atoms with Gasteiger partial charge in [-0.3, -0.25) is 0 Å². The van der Waals surface area contributed by atoms with E-state index in [0.717, 1.165) is 23.7 Å². The van der Waals surface area contributed by atoms with Gasteiger partial charge in [-0.25, -0.2) is 0 Å². The van der Waals surface area contributed by atoms with Crippen molar-refractivity contribution < 1.29 is 0 Å². The van der Waals surface area contributed by atoms with Crippen LogP contribution in [0.4, 0.5) is 0 Å². The fourth-order valence-corrected chi connectivity index (χ4v) is 12.6. The first-order valence-corrected chi connectivity index (χ1v) is 9.80. The standard InChI is InChI=1S/C22H36/c1-12-15-13(2)19(7)18(12,6)21(9)17(5)11-16(15,4)14(3)20(17,8)22(19,21)10/h12-15H,11H2,1-10H3. The summed E-state index contributed by atoms with van der Waals surface area (Å²) < 4.78 is 0. The number of hydrogen-bond donors (Lipinski definition) is 0. The molecule has 0 amide bonds. The van der Waals surface area contributed by atoms with Gasteiger partial charge in [-0.1, -0.05) is 69.2 Å². The second-order valence-corrected chi connectivity index (χ2v) is 11.7. The Labute approximate surface area is 137 Å². The lowest BCUT2D eigenvalue weighted by Crippen LogP contribution is -2.93. The average Bonchev–Trinajstić information content (AvgIpc) is 2.68. The molecule has 6 fully saturated rings. The quantitative estimate of drug-likeness (QED) is 0.513. The molecule has 6 rings (SSSR count). The summed E-state index contributed by atoms with van der Waals surface area (Å²) in [6.07, 6.45) is 1.48. The maximum absolute atomic E-state index is 2.72. The van der Waals surface area contributed by atoms with Crippen LogP contribution < -0.4 is 0 Å². The van der Waals surface area contributed by atoms with E-state index >= 15 is 0 Å². The van der Waals surface area contributed by atoms with E-state index in [-0.39, 0.29) is 0 Å². The van der Waals surface area contributed by atoms with E-state index in [0.29, 0.717) is 37.9 Å². The molecule has 124 valence electrons. The third-order valence-corrected chi connectivity index (χ3v) is 13.7. The molecule has 11 atom stereocenters. The molecule has 6 bridgehead atoms. The highest BCUT2D eigenvalue weighted by Crippen LogP contribution is 3.09. The van der Waals surface area contributed by atoms with Gasteiger partial charge in [0, 0.05) is 0 Å². The van der Waals surface area contributed by atoms with E-state index in [2.05, 4.69) is 69.2 Å². The molecule has 0 aromatic carbocycles. The van der Waals surface area contributed by atoms with Gasteiger partial charge in [0.1, 0.15) is 0 Å². The van der Waals surface area contributed by atoms with Crippen molar-refractivity contribution in [1.29, 1.82) is 0 Å². The van der Waals surface area contributed by atoms with Crippen molar-refractivity contribution >= 4 is 0 Å². The molecule has 6 saturated carbocycles. The average molecular weight is 301 g/mol. The van der Waals surface area contributed by atoms with Crippen molar-refractivity contribution in [3.8, 4) is 0 Å². The minimum absolute atomic E-state index is 0.520. The second kappa shape index (κ2) is 2.78. The minimum Gasteiger partial charge on any atom is -0.0616 e. The summed E-state index contributed by atoms with van der Waals surface area (Å²) in [6, 6.07) is 0. The summed E-state index contributed by atoms with van der Waals surface area (Å²) in [5, 5.41) is 0. The minimum atomic E-state index is 0.520. The predicted molar refractivity (Wildman–Crippen MR) is 92.3 cm³/mol. The Morgan fingerprint density at radius 3 is 1.59 bits per heavy atom. The van der Waals surface area contributed by atoms with Gasteiger partial charge < -0.3 is 0 Å². The third kappa shape index (κ3) is 0.631. The summed E-state index contributed by atoms with van der Waals surface area (Å²) in [7, 11) is 0. The molecule has 0 heteroatoms. The molecule has 0 N–H and O–H groups in total. The lowest BCUT2D eigenvalue weighted by Gasteiger charge is -2.97. The van der Waals surface area contributed by atoms with Crippen LogP contribution in [0.1, 0.15) is 75.7 Å². The highest BCUT2D eigenvalue weighted by Gasteiger charge is 3.05. The first-order chi connectivity index (χ1) is 9.80. The zero-order chi connectivity index (χ0) is 16.5. The summed E-state index contributed by atoms with van der Waals surface area (Å²) in [5.74, 6) is 3.55. The van der Waals surface area contributed by atoms with Crippen molar-refractivity contribution in [3.63, 3.8) is 0 Å². The van der Waals surface area contributed by atoms with Crippen LogP contribution in [0, 0.1) is 61.6 Å². The largest absolute Gasteiger partial charge is 0.0616 e. The van der Waals surface area contributed by atoms with Crippen LogP contribution in [0.5, 0.6) is 0 Å². The molecular formula is C22H36. The first kappa shape index (κ1) is 14.4. The lowest BCUT2D eigenvalue weighted by molar-refractivity contribution is -0.509. The van der Waals surface area contributed by atoms with Gasteiger partial charge in [-0.05, 0) is 68.0 Å². The van der Waals surface area contributed by atoms with Gasteiger partial charge in [0.15, 0.2) is 0 Å². The van der Waals surface area contributed by atoms with Crippen LogP contribution in [0.25, 0.3) is 0 Å². The summed E-state index contributed by atoms with van der Waals surface area (Å²) in [6.45, 7) is 26.8. The molecule has 0 heterocycles. The molecule has 0 aromatic rings. The number of rotatable bonds is 0. The molecular weight excluding hydrogens is 264 g/mol. The Balaban J connectivity index is 1.97. The molecule has 0 spiro atoms. The topological polar surface area (TPSA) is 0 Å². The van der Waals surface area contributed by atoms with Gasteiger partial charge in [-0.15, -0.1) is 0 Å². The van der Waals surface area contributed by atoms with Crippen LogP contribution in [-0.4, -0.2) is 0 Å². The van der Waals surface area contributed by atoms with Crippen molar-refractivity contribution in [2.45, 2.75) is 75.7 Å². The monoisotopic (exact) mass is 300 g/mol. The van der Waals surface area contributed by atoms with Crippen LogP contribution in [0.15, 0.2) is 0 Å². The molecule has 0 radical (unpaired) electrons. The van der Waals surface area contributed by atoms with Crippen LogP contribution in [0.2, 0.25) is 0 Å². The zero-order valence-corrected chi connectivity index (χ0v) is 16.5. The van der Waals surface area contributed by atoms with E-state index in [9.17, 15) is 0 Å². The zero-order valence-electron chi connectivity index (χ0n) is 16.5. The fourth-order valence-electron chi connectivity index (χ4n) is 12.6. The molecule has 11 unspecified atom stereocenters. The summed E-state index contributed by atoms with van der Waals surface area (Å²) >= 11 is 0. The van der Waals surface area contributed by atoms with Crippen LogP contribution >= 0.6 is 0 Å². The van der Waals surface area contributed by atoms with Crippen molar-refractivity contribution in [1.82, 2.24) is 0 Å². The normalized spacial score (nSPS) is 83.2. The molecule has 22 heavy (non-hydrogen) atoms. The highest BCUT2D eigenvalue weighted by atomic mass is 15.1. The Morgan fingerprint density at radius 1 is 0.636 bits per heavy atom. The SMILES string of the molecule is CC1C2C(C)C3(C)C1(C)C1(C)C4(C)CC2(C)C(C)C4(C)C31C. The Kier molecular flexibility index (Phi) is 1.81. The van der Waals surface area contributed by atoms with E-state index in [1.165, 1.54) is 6.42 Å². The van der Waals surface area contributed by atoms with Gasteiger partial charge in [0.05, 0.1) is 0 Å². The lowest BCUT2D eigenvalue weighted by atomic mass is 9.06. The van der Waals surface area contributed by atoms with Crippen LogP contribution in [-0.2, 0) is 0 Å².